The van der Waals surface area contributed by atoms with Gasteiger partial charge in [0.2, 0.25) is 5.91 Å². The standard InChI is InChI=1S/C15H20N2O3/c1-2-20-15(19)16-13(12-8-4-3-5-9-12)14(18)17-10-6-7-11-17/h3-5,8-9,13H,2,6-7,10-11H2,1H3,(H,16,19). The number of hydrogen-bond donors (Lipinski definition) is 1. The van der Waals surface area contributed by atoms with E-state index in [-0.39, 0.29) is 12.5 Å². The van der Waals surface area contributed by atoms with E-state index in [0.29, 0.717) is 0 Å². The Labute approximate surface area is 118 Å². The number of likely N-dealkylation sites (tertiary alicyclic amines) is 1. The van der Waals surface area contributed by atoms with Crippen LogP contribution < -0.4 is 5.32 Å². The van der Waals surface area contributed by atoms with Crippen molar-refractivity contribution < 1.29 is 14.3 Å². The normalized spacial score (nSPS) is 15.8. The van der Waals surface area contributed by atoms with Crippen LogP contribution in [0.4, 0.5) is 4.79 Å². The Kier molecular flexibility index (Phi) is 4.98. The highest BCUT2D eigenvalue weighted by molar-refractivity contribution is 5.87. The van der Waals surface area contributed by atoms with Gasteiger partial charge in [0.25, 0.3) is 0 Å². The maximum Gasteiger partial charge on any atom is 0.408 e. The number of carbonyl (C=O) groups excluding carboxylic acids is 2. The number of nitrogens with zero attached hydrogens (tertiary/aromatic N) is 1. The number of alkyl carbamates (subject to hydrolysis) is 1. The molecule has 0 aliphatic carbocycles. The summed E-state index contributed by atoms with van der Waals surface area (Å²) >= 11 is 0. The molecule has 0 radical (unpaired) electrons. The maximum atomic E-state index is 12.5. The summed E-state index contributed by atoms with van der Waals surface area (Å²) in [6.45, 7) is 3.53. The van der Waals surface area contributed by atoms with Crippen molar-refractivity contribution in [3.8, 4) is 0 Å². The first-order chi connectivity index (χ1) is 9.72. The number of ether oxygens (including phenoxy) is 1. The number of benzene rings is 1. The molecule has 1 saturated heterocycles. The van der Waals surface area contributed by atoms with Gasteiger partial charge in [-0.15, -0.1) is 0 Å². The molecule has 0 aromatic heterocycles. The molecule has 1 heterocycles. The molecule has 1 aromatic rings. The lowest BCUT2D eigenvalue weighted by atomic mass is 10.1. The summed E-state index contributed by atoms with van der Waals surface area (Å²) in [6.07, 6.45) is 1.48. The Hall–Kier alpha value is -2.04. The molecule has 1 aromatic carbocycles. The molecule has 2 rings (SSSR count). The second kappa shape index (κ2) is 6.93. The van der Waals surface area contributed by atoms with E-state index in [1.807, 2.05) is 30.3 Å². The van der Waals surface area contributed by atoms with Gasteiger partial charge in [0, 0.05) is 13.1 Å². The predicted octanol–water partition coefficient (Wildman–Crippen LogP) is 2.10. The predicted molar refractivity (Wildman–Crippen MR) is 75.2 cm³/mol. The Morgan fingerprint density at radius 3 is 2.50 bits per heavy atom. The van der Waals surface area contributed by atoms with Gasteiger partial charge in [0.05, 0.1) is 6.61 Å². The van der Waals surface area contributed by atoms with Crippen LogP contribution >= 0.6 is 0 Å². The lowest BCUT2D eigenvalue weighted by Gasteiger charge is -2.24. The van der Waals surface area contributed by atoms with Gasteiger partial charge in [-0.25, -0.2) is 4.79 Å². The zero-order valence-electron chi connectivity index (χ0n) is 11.7. The van der Waals surface area contributed by atoms with Crippen LogP contribution in [0.25, 0.3) is 0 Å². The highest BCUT2D eigenvalue weighted by Gasteiger charge is 2.29. The minimum Gasteiger partial charge on any atom is -0.450 e. The molecule has 1 fully saturated rings. The molecule has 20 heavy (non-hydrogen) atoms. The molecule has 0 saturated carbocycles. The van der Waals surface area contributed by atoms with Crippen molar-refractivity contribution in [2.24, 2.45) is 0 Å². The number of carbonyl (C=O) groups is 2. The van der Waals surface area contributed by atoms with Gasteiger partial charge in [-0.05, 0) is 25.3 Å². The van der Waals surface area contributed by atoms with Crippen molar-refractivity contribution in [1.29, 1.82) is 0 Å². The fourth-order valence-electron chi connectivity index (χ4n) is 2.34. The first-order valence-electron chi connectivity index (χ1n) is 6.99. The summed E-state index contributed by atoms with van der Waals surface area (Å²) in [7, 11) is 0. The van der Waals surface area contributed by atoms with Crippen molar-refractivity contribution in [1.82, 2.24) is 10.2 Å². The van der Waals surface area contributed by atoms with Crippen molar-refractivity contribution >= 4 is 12.0 Å². The Morgan fingerprint density at radius 2 is 1.90 bits per heavy atom. The third-order valence-electron chi connectivity index (χ3n) is 3.34. The van der Waals surface area contributed by atoms with E-state index >= 15 is 0 Å². The molecule has 5 heteroatoms. The molecule has 108 valence electrons. The average molecular weight is 276 g/mol. The molecular weight excluding hydrogens is 256 g/mol. The largest absolute Gasteiger partial charge is 0.450 e. The third-order valence-corrected chi connectivity index (χ3v) is 3.34. The first-order valence-corrected chi connectivity index (χ1v) is 6.99. The fraction of sp³-hybridized carbons (Fsp3) is 0.467. The number of amides is 2. The average Bonchev–Trinajstić information content (AvgIpc) is 2.99. The first kappa shape index (κ1) is 14.4. The highest BCUT2D eigenvalue weighted by atomic mass is 16.5. The van der Waals surface area contributed by atoms with Gasteiger partial charge >= 0.3 is 6.09 Å². The van der Waals surface area contributed by atoms with Gasteiger partial charge in [-0.1, -0.05) is 30.3 Å². The molecule has 1 aliphatic heterocycles. The maximum absolute atomic E-state index is 12.5. The van der Waals surface area contributed by atoms with Gasteiger partial charge < -0.3 is 15.0 Å². The van der Waals surface area contributed by atoms with Crippen LogP contribution in [0.2, 0.25) is 0 Å². The van der Waals surface area contributed by atoms with Crippen LogP contribution in [0, 0.1) is 0 Å². The molecule has 1 N–H and O–H groups in total. The molecule has 1 atom stereocenters. The summed E-state index contributed by atoms with van der Waals surface area (Å²) in [6, 6.07) is 8.59. The Balaban J connectivity index is 2.15. The molecular formula is C15H20N2O3. The number of rotatable bonds is 4. The van der Waals surface area contributed by atoms with Crippen molar-refractivity contribution in [2.45, 2.75) is 25.8 Å². The Bertz CT molecular complexity index is 455. The molecule has 0 spiro atoms. The van der Waals surface area contributed by atoms with E-state index < -0.39 is 12.1 Å². The van der Waals surface area contributed by atoms with E-state index in [1.165, 1.54) is 0 Å². The molecule has 2 amide bonds. The van der Waals surface area contributed by atoms with Crippen LogP contribution in [-0.2, 0) is 9.53 Å². The van der Waals surface area contributed by atoms with E-state index in [0.717, 1.165) is 31.5 Å². The van der Waals surface area contributed by atoms with Gasteiger partial charge in [0.15, 0.2) is 0 Å². The summed E-state index contributed by atoms with van der Waals surface area (Å²) in [5.74, 6) is -0.0678. The topological polar surface area (TPSA) is 58.6 Å². The monoisotopic (exact) mass is 276 g/mol. The van der Waals surface area contributed by atoms with Crippen LogP contribution in [0.3, 0.4) is 0 Å². The zero-order chi connectivity index (χ0) is 14.4. The van der Waals surface area contributed by atoms with E-state index in [2.05, 4.69) is 5.32 Å². The van der Waals surface area contributed by atoms with Crippen LogP contribution in [0.5, 0.6) is 0 Å². The smallest absolute Gasteiger partial charge is 0.408 e. The lowest BCUT2D eigenvalue weighted by Crippen LogP contribution is -2.42. The second-order valence-corrected chi connectivity index (χ2v) is 4.74. The highest BCUT2D eigenvalue weighted by Crippen LogP contribution is 2.19. The molecule has 1 aliphatic rings. The second-order valence-electron chi connectivity index (χ2n) is 4.74. The summed E-state index contributed by atoms with van der Waals surface area (Å²) in [5, 5.41) is 2.66. The van der Waals surface area contributed by atoms with E-state index in [9.17, 15) is 9.59 Å². The van der Waals surface area contributed by atoms with Crippen molar-refractivity contribution in [2.75, 3.05) is 19.7 Å². The minimum absolute atomic E-state index is 0.0678. The van der Waals surface area contributed by atoms with Crippen LogP contribution in [0.1, 0.15) is 31.4 Å². The summed E-state index contributed by atoms with van der Waals surface area (Å²) in [4.78, 5) is 26.0. The van der Waals surface area contributed by atoms with Crippen LogP contribution in [-0.4, -0.2) is 36.6 Å². The molecule has 5 nitrogen and oxygen atoms in total. The minimum atomic E-state index is -0.673. The van der Waals surface area contributed by atoms with E-state index in [4.69, 9.17) is 4.74 Å². The van der Waals surface area contributed by atoms with Crippen LogP contribution in [0.15, 0.2) is 30.3 Å². The van der Waals surface area contributed by atoms with Gasteiger partial charge in [-0.3, -0.25) is 4.79 Å². The third kappa shape index (κ3) is 3.50. The SMILES string of the molecule is CCOC(=O)NC(C(=O)N1CCCC1)c1ccccc1. The fourth-order valence-corrected chi connectivity index (χ4v) is 2.34. The quantitative estimate of drug-likeness (QED) is 0.916. The van der Waals surface area contributed by atoms with Crippen molar-refractivity contribution in [3.63, 3.8) is 0 Å². The van der Waals surface area contributed by atoms with E-state index in [1.54, 1.807) is 11.8 Å². The molecule has 1 unspecified atom stereocenters. The summed E-state index contributed by atoms with van der Waals surface area (Å²) < 4.78 is 4.89. The Morgan fingerprint density at radius 1 is 1.25 bits per heavy atom. The zero-order valence-corrected chi connectivity index (χ0v) is 11.7. The van der Waals surface area contributed by atoms with Gasteiger partial charge in [0.1, 0.15) is 6.04 Å². The number of hydrogen-bond acceptors (Lipinski definition) is 3. The lowest BCUT2D eigenvalue weighted by molar-refractivity contribution is -0.132. The van der Waals surface area contributed by atoms with Crippen molar-refractivity contribution in [3.05, 3.63) is 35.9 Å². The number of nitrogens with one attached hydrogen (secondary N) is 1. The van der Waals surface area contributed by atoms with Gasteiger partial charge in [-0.2, -0.15) is 0 Å². The summed E-state index contributed by atoms with van der Waals surface area (Å²) in [5.41, 5.74) is 0.775. The molecule has 0 bridgehead atoms.